The van der Waals surface area contributed by atoms with E-state index in [0.717, 1.165) is 35.7 Å². The molecule has 1 aromatic heterocycles. The minimum atomic E-state index is -0.632. The summed E-state index contributed by atoms with van der Waals surface area (Å²) in [6, 6.07) is 21.2. The summed E-state index contributed by atoms with van der Waals surface area (Å²) in [5.41, 5.74) is 4.02. The lowest BCUT2D eigenvalue weighted by Crippen LogP contribution is -2.30. The van der Waals surface area contributed by atoms with E-state index in [1.807, 2.05) is 25.1 Å². The highest BCUT2D eigenvalue weighted by Crippen LogP contribution is 2.40. The zero-order valence-electron chi connectivity index (χ0n) is 22.4. The number of anilines is 1. The Hall–Kier alpha value is -4.17. The summed E-state index contributed by atoms with van der Waals surface area (Å²) in [6.45, 7) is 1.52. The van der Waals surface area contributed by atoms with Crippen LogP contribution in [-0.2, 0) is 14.3 Å². The van der Waals surface area contributed by atoms with E-state index in [1.165, 1.54) is 4.90 Å². The SMILES string of the molecule is Cc1cc(Br)cc2c(C(=O)OCC(=O)c3ccccc3)cc(-c3ccc(N4C(=O)C5CCCCC5C4=O)cc3)nc12. The normalized spacial score (nSPS) is 18.4. The molecule has 0 N–H and O–H groups in total. The van der Waals surface area contributed by atoms with Crippen LogP contribution >= 0.6 is 15.9 Å². The molecule has 41 heavy (non-hydrogen) atoms. The number of pyridine rings is 1. The van der Waals surface area contributed by atoms with Gasteiger partial charge in [-0.3, -0.25) is 19.3 Å². The quantitative estimate of drug-likeness (QED) is 0.137. The fourth-order valence-electron chi connectivity index (χ4n) is 5.89. The van der Waals surface area contributed by atoms with Gasteiger partial charge in [0.25, 0.3) is 0 Å². The lowest BCUT2D eigenvalue weighted by molar-refractivity contribution is -0.122. The number of carbonyl (C=O) groups excluding carboxylic acids is 4. The van der Waals surface area contributed by atoms with Gasteiger partial charge in [0, 0.05) is 21.0 Å². The zero-order chi connectivity index (χ0) is 28.7. The van der Waals surface area contributed by atoms with E-state index < -0.39 is 5.97 Å². The lowest BCUT2D eigenvalue weighted by atomic mass is 9.81. The van der Waals surface area contributed by atoms with E-state index in [-0.39, 0.29) is 41.6 Å². The van der Waals surface area contributed by atoms with Gasteiger partial charge in [0.15, 0.2) is 12.4 Å². The van der Waals surface area contributed by atoms with Crippen molar-refractivity contribution in [3.8, 4) is 11.3 Å². The Morgan fingerprint density at radius 3 is 2.24 bits per heavy atom. The molecule has 2 atom stereocenters. The van der Waals surface area contributed by atoms with Gasteiger partial charge in [0.05, 0.1) is 34.3 Å². The molecule has 2 heterocycles. The molecule has 8 heteroatoms. The number of ether oxygens (including phenoxy) is 1. The number of benzene rings is 3. The van der Waals surface area contributed by atoms with Crippen LogP contribution < -0.4 is 4.90 Å². The fourth-order valence-corrected chi connectivity index (χ4v) is 6.46. The Morgan fingerprint density at radius 1 is 0.927 bits per heavy atom. The molecule has 1 saturated heterocycles. The van der Waals surface area contributed by atoms with Gasteiger partial charge in [-0.15, -0.1) is 0 Å². The summed E-state index contributed by atoms with van der Waals surface area (Å²) in [4.78, 5) is 58.2. The molecule has 0 bridgehead atoms. The van der Waals surface area contributed by atoms with Crippen molar-refractivity contribution in [1.29, 1.82) is 0 Å². The van der Waals surface area contributed by atoms with E-state index in [4.69, 9.17) is 9.72 Å². The van der Waals surface area contributed by atoms with E-state index in [9.17, 15) is 19.2 Å². The predicted octanol–water partition coefficient (Wildman–Crippen LogP) is 6.69. The Kier molecular flexibility index (Phi) is 7.26. The molecule has 1 aliphatic carbocycles. The average Bonchev–Trinajstić information content (AvgIpc) is 3.25. The number of aryl methyl sites for hydroxylation is 1. The van der Waals surface area contributed by atoms with Gasteiger partial charge in [-0.25, -0.2) is 9.78 Å². The molecule has 0 radical (unpaired) electrons. The number of hydrogen-bond acceptors (Lipinski definition) is 6. The van der Waals surface area contributed by atoms with Gasteiger partial charge >= 0.3 is 5.97 Å². The Morgan fingerprint density at radius 2 is 1.59 bits per heavy atom. The average molecular weight is 611 g/mol. The van der Waals surface area contributed by atoms with Gasteiger partial charge in [-0.2, -0.15) is 0 Å². The largest absolute Gasteiger partial charge is 0.454 e. The van der Waals surface area contributed by atoms with Crippen LogP contribution in [-0.4, -0.2) is 35.2 Å². The minimum Gasteiger partial charge on any atom is -0.454 e. The number of ketones is 1. The first-order chi connectivity index (χ1) is 19.8. The topological polar surface area (TPSA) is 93.6 Å². The van der Waals surface area contributed by atoms with Crippen molar-refractivity contribution in [2.24, 2.45) is 11.8 Å². The van der Waals surface area contributed by atoms with Crippen molar-refractivity contribution >= 4 is 56.1 Å². The zero-order valence-corrected chi connectivity index (χ0v) is 24.0. The third-order valence-electron chi connectivity index (χ3n) is 7.98. The highest BCUT2D eigenvalue weighted by Gasteiger charge is 2.48. The predicted molar refractivity (Wildman–Crippen MR) is 159 cm³/mol. The van der Waals surface area contributed by atoms with Crippen LogP contribution in [0.2, 0.25) is 0 Å². The number of halogens is 1. The smallest absolute Gasteiger partial charge is 0.339 e. The van der Waals surface area contributed by atoms with Crippen molar-refractivity contribution in [2.75, 3.05) is 11.5 Å². The summed E-state index contributed by atoms with van der Waals surface area (Å²) >= 11 is 3.50. The minimum absolute atomic E-state index is 0.118. The number of nitrogens with zero attached hydrogens (tertiary/aromatic N) is 2. The highest BCUT2D eigenvalue weighted by molar-refractivity contribution is 9.10. The van der Waals surface area contributed by atoms with Gasteiger partial charge in [-0.05, 0) is 55.7 Å². The molecule has 2 unspecified atom stereocenters. The van der Waals surface area contributed by atoms with Crippen LogP contribution in [0.3, 0.4) is 0 Å². The van der Waals surface area contributed by atoms with E-state index in [1.54, 1.807) is 54.6 Å². The molecule has 206 valence electrons. The van der Waals surface area contributed by atoms with E-state index >= 15 is 0 Å². The Balaban J connectivity index is 1.32. The maximum atomic E-state index is 13.3. The monoisotopic (exact) mass is 610 g/mol. The molecule has 7 nitrogen and oxygen atoms in total. The van der Waals surface area contributed by atoms with Crippen molar-refractivity contribution in [3.63, 3.8) is 0 Å². The molecule has 2 aliphatic rings. The van der Waals surface area contributed by atoms with Crippen LogP contribution in [0.25, 0.3) is 22.2 Å². The molecule has 2 amide bonds. The number of rotatable bonds is 6. The van der Waals surface area contributed by atoms with Crippen molar-refractivity contribution < 1.29 is 23.9 Å². The number of Topliss-reactive ketones (excluding diaryl/α,β-unsaturated/α-hetero) is 1. The first-order valence-corrected chi connectivity index (χ1v) is 14.5. The number of aromatic nitrogens is 1. The lowest BCUT2D eigenvalue weighted by Gasteiger charge is -2.19. The fraction of sp³-hybridized carbons (Fsp3) is 0.242. The van der Waals surface area contributed by atoms with Gasteiger partial charge in [0.1, 0.15) is 0 Å². The molecule has 6 rings (SSSR count). The second-order valence-electron chi connectivity index (χ2n) is 10.6. The van der Waals surface area contributed by atoms with Gasteiger partial charge < -0.3 is 4.74 Å². The standard InChI is InChI=1S/C33H27BrN2O5/c1-19-15-22(34)16-26-27(33(40)41-18-29(37)21-7-3-2-4-8-21)17-28(35-30(19)26)20-11-13-23(14-12-20)36-31(38)24-9-5-6-10-25(24)32(36)39/h2-4,7-8,11-17,24-25H,5-6,9-10,18H2,1H3. The maximum Gasteiger partial charge on any atom is 0.339 e. The number of hydrogen-bond donors (Lipinski definition) is 0. The Labute approximate surface area is 245 Å². The van der Waals surface area contributed by atoms with E-state index in [2.05, 4.69) is 15.9 Å². The highest BCUT2D eigenvalue weighted by atomic mass is 79.9. The van der Waals surface area contributed by atoms with Gasteiger partial charge in [0.2, 0.25) is 11.8 Å². The number of carbonyl (C=O) groups is 4. The number of imide groups is 1. The molecule has 2 fully saturated rings. The van der Waals surface area contributed by atoms with Crippen LogP contribution in [0.5, 0.6) is 0 Å². The number of amides is 2. The van der Waals surface area contributed by atoms with Crippen LogP contribution in [0.15, 0.2) is 77.3 Å². The maximum absolute atomic E-state index is 13.3. The van der Waals surface area contributed by atoms with Crippen LogP contribution in [0.4, 0.5) is 5.69 Å². The van der Waals surface area contributed by atoms with Crippen molar-refractivity contribution in [1.82, 2.24) is 4.98 Å². The summed E-state index contributed by atoms with van der Waals surface area (Å²) in [5.74, 6) is -1.60. The molecule has 4 aromatic rings. The summed E-state index contributed by atoms with van der Waals surface area (Å²) < 4.78 is 6.25. The molecule has 1 saturated carbocycles. The second kappa shape index (κ2) is 11.0. The molecule has 1 aliphatic heterocycles. The first-order valence-electron chi connectivity index (χ1n) is 13.7. The third kappa shape index (κ3) is 5.08. The second-order valence-corrected chi connectivity index (χ2v) is 11.5. The summed E-state index contributed by atoms with van der Waals surface area (Å²) in [7, 11) is 0. The van der Waals surface area contributed by atoms with Crippen molar-refractivity contribution in [3.05, 3.63) is 94.0 Å². The number of esters is 1. The molecule has 3 aromatic carbocycles. The first kappa shape index (κ1) is 27.0. The summed E-state index contributed by atoms with van der Waals surface area (Å²) in [6.07, 6.45) is 3.47. The van der Waals surface area contributed by atoms with Crippen molar-refractivity contribution in [2.45, 2.75) is 32.6 Å². The van der Waals surface area contributed by atoms with Crippen LogP contribution in [0.1, 0.15) is 52.0 Å². The van der Waals surface area contributed by atoms with E-state index in [0.29, 0.717) is 33.4 Å². The summed E-state index contributed by atoms with van der Waals surface area (Å²) in [5, 5.41) is 0.602. The number of fused-ring (bicyclic) bond motifs is 2. The molecule has 0 spiro atoms. The van der Waals surface area contributed by atoms with Crippen LogP contribution in [0, 0.1) is 18.8 Å². The molecular formula is C33H27BrN2O5. The Bertz CT molecular complexity index is 1680. The molecular weight excluding hydrogens is 584 g/mol. The third-order valence-corrected chi connectivity index (χ3v) is 8.44. The van der Waals surface area contributed by atoms with Gasteiger partial charge in [-0.1, -0.05) is 71.2 Å².